The van der Waals surface area contributed by atoms with Crippen molar-refractivity contribution >= 4 is 56.7 Å². The summed E-state index contributed by atoms with van der Waals surface area (Å²) in [6, 6.07) is 8.40. The molecule has 0 heterocycles. The average molecular weight is 475 g/mol. The van der Waals surface area contributed by atoms with Crippen molar-refractivity contribution in [2.24, 2.45) is 0 Å². The number of hydrogen-bond acceptors (Lipinski definition) is 4. The number of halogens is 3. The molecule has 2 rings (SSSR count). The molecular formula is C19H18BrCl2NO4. The van der Waals surface area contributed by atoms with Crippen LogP contribution in [0.3, 0.4) is 0 Å². The normalized spacial score (nSPS) is 11.6. The van der Waals surface area contributed by atoms with Crippen LogP contribution in [0, 0.1) is 13.8 Å². The lowest BCUT2D eigenvalue weighted by molar-refractivity contribution is -0.153. The summed E-state index contributed by atoms with van der Waals surface area (Å²) in [5.74, 6) is -0.819. The minimum absolute atomic E-state index is 0.279. The van der Waals surface area contributed by atoms with Crippen molar-refractivity contribution < 1.29 is 19.1 Å². The molecule has 1 amide bonds. The fraction of sp³-hybridized carbons (Fsp3) is 0.263. The molecule has 0 unspecified atom stereocenters. The summed E-state index contributed by atoms with van der Waals surface area (Å²) < 4.78 is 11.4. The number of anilines is 1. The van der Waals surface area contributed by atoms with Crippen LogP contribution in [0.5, 0.6) is 5.75 Å². The SMILES string of the molecule is Cc1cc(NC(=O)COC(=O)[C@@H](C)Oc2ccc(Cl)cc2Cl)c(C)cc1Br. The van der Waals surface area contributed by atoms with Gasteiger partial charge in [-0.25, -0.2) is 4.79 Å². The molecule has 1 N–H and O–H groups in total. The molecule has 1 atom stereocenters. The average Bonchev–Trinajstić information content (AvgIpc) is 2.59. The second-order valence-corrected chi connectivity index (χ2v) is 7.60. The molecule has 0 aliphatic heterocycles. The van der Waals surface area contributed by atoms with Crippen molar-refractivity contribution in [2.75, 3.05) is 11.9 Å². The predicted molar refractivity (Wildman–Crippen MR) is 110 cm³/mol. The zero-order chi connectivity index (χ0) is 20.1. The summed E-state index contributed by atoms with van der Waals surface area (Å²) in [7, 11) is 0. The molecule has 0 saturated heterocycles. The van der Waals surface area contributed by atoms with Gasteiger partial charge in [0.05, 0.1) is 5.02 Å². The van der Waals surface area contributed by atoms with Crippen LogP contribution < -0.4 is 10.1 Å². The number of carbonyl (C=O) groups is 2. The highest BCUT2D eigenvalue weighted by Gasteiger charge is 2.19. The molecule has 8 heteroatoms. The molecule has 0 bridgehead atoms. The second-order valence-electron chi connectivity index (χ2n) is 5.91. The van der Waals surface area contributed by atoms with E-state index in [1.165, 1.54) is 13.0 Å². The quantitative estimate of drug-likeness (QED) is 0.575. The smallest absolute Gasteiger partial charge is 0.347 e. The van der Waals surface area contributed by atoms with Gasteiger partial charge in [0.1, 0.15) is 5.75 Å². The van der Waals surface area contributed by atoms with Gasteiger partial charge in [-0.15, -0.1) is 0 Å². The number of benzene rings is 2. The van der Waals surface area contributed by atoms with Crippen molar-refractivity contribution in [3.63, 3.8) is 0 Å². The van der Waals surface area contributed by atoms with Crippen molar-refractivity contribution in [1.29, 1.82) is 0 Å². The summed E-state index contributed by atoms with van der Waals surface area (Å²) in [6.45, 7) is 4.88. The van der Waals surface area contributed by atoms with E-state index in [9.17, 15) is 9.59 Å². The second kappa shape index (κ2) is 9.44. The lowest BCUT2D eigenvalue weighted by Crippen LogP contribution is -2.30. The maximum atomic E-state index is 12.1. The Kier molecular flexibility index (Phi) is 7.53. The van der Waals surface area contributed by atoms with Crippen molar-refractivity contribution in [3.05, 3.63) is 56.0 Å². The van der Waals surface area contributed by atoms with Crippen LogP contribution in [0.4, 0.5) is 5.69 Å². The molecule has 144 valence electrons. The lowest BCUT2D eigenvalue weighted by Gasteiger charge is -2.15. The number of carbonyl (C=O) groups excluding carboxylic acids is 2. The van der Waals surface area contributed by atoms with E-state index in [0.717, 1.165) is 15.6 Å². The molecule has 0 saturated carbocycles. The minimum atomic E-state index is -0.937. The van der Waals surface area contributed by atoms with E-state index in [1.54, 1.807) is 12.1 Å². The highest BCUT2D eigenvalue weighted by Crippen LogP contribution is 2.28. The fourth-order valence-corrected chi connectivity index (χ4v) is 3.08. The van der Waals surface area contributed by atoms with Crippen molar-refractivity contribution in [1.82, 2.24) is 0 Å². The Morgan fingerprint density at radius 2 is 1.85 bits per heavy atom. The van der Waals surface area contributed by atoms with E-state index >= 15 is 0 Å². The lowest BCUT2D eigenvalue weighted by atomic mass is 10.1. The summed E-state index contributed by atoms with van der Waals surface area (Å²) in [5, 5.41) is 3.46. The highest BCUT2D eigenvalue weighted by atomic mass is 79.9. The van der Waals surface area contributed by atoms with Gasteiger partial charge in [-0.1, -0.05) is 39.1 Å². The third-order valence-corrected chi connectivity index (χ3v) is 5.04. The zero-order valence-corrected chi connectivity index (χ0v) is 18.0. The van der Waals surface area contributed by atoms with Gasteiger partial charge < -0.3 is 14.8 Å². The summed E-state index contributed by atoms with van der Waals surface area (Å²) in [4.78, 5) is 24.1. The molecule has 0 aromatic heterocycles. The monoisotopic (exact) mass is 473 g/mol. The van der Waals surface area contributed by atoms with Gasteiger partial charge in [0, 0.05) is 15.2 Å². The van der Waals surface area contributed by atoms with E-state index in [1.807, 2.05) is 26.0 Å². The standard InChI is InChI=1S/C19H18BrCl2NO4/c1-10-7-16(11(2)6-14(10)20)23-18(24)9-26-19(25)12(3)27-17-5-4-13(21)8-15(17)22/h4-8,12H,9H2,1-3H3,(H,23,24)/t12-/m1/s1. The molecule has 0 aliphatic carbocycles. The Hall–Kier alpha value is -1.76. The maximum Gasteiger partial charge on any atom is 0.347 e. The Labute approximate surface area is 176 Å². The third-order valence-electron chi connectivity index (χ3n) is 3.65. The van der Waals surface area contributed by atoms with Crippen LogP contribution in [0.2, 0.25) is 10.0 Å². The highest BCUT2D eigenvalue weighted by molar-refractivity contribution is 9.10. The minimum Gasteiger partial charge on any atom is -0.477 e. The van der Waals surface area contributed by atoms with Gasteiger partial charge in [-0.05, 0) is 62.2 Å². The first-order valence-electron chi connectivity index (χ1n) is 8.02. The van der Waals surface area contributed by atoms with Crippen LogP contribution in [0.15, 0.2) is 34.8 Å². The van der Waals surface area contributed by atoms with E-state index in [0.29, 0.717) is 16.5 Å². The Morgan fingerprint density at radius 3 is 2.52 bits per heavy atom. The fourth-order valence-electron chi connectivity index (χ4n) is 2.17. The Balaban J connectivity index is 1.89. The number of amides is 1. The van der Waals surface area contributed by atoms with Crippen molar-refractivity contribution in [3.8, 4) is 5.75 Å². The molecule has 0 radical (unpaired) electrons. The van der Waals surface area contributed by atoms with Crippen LogP contribution >= 0.6 is 39.1 Å². The molecule has 0 aliphatic rings. The summed E-state index contributed by atoms with van der Waals surface area (Å²) >= 11 is 15.3. The number of rotatable bonds is 6. The van der Waals surface area contributed by atoms with E-state index in [-0.39, 0.29) is 5.02 Å². The van der Waals surface area contributed by atoms with E-state index in [2.05, 4.69) is 21.2 Å². The maximum absolute atomic E-state index is 12.1. The van der Waals surface area contributed by atoms with E-state index < -0.39 is 24.6 Å². The number of esters is 1. The number of aryl methyl sites for hydroxylation is 2. The molecule has 27 heavy (non-hydrogen) atoms. The largest absolute Gasteiger partial charge is 0.477 e. The Morgan fingerprint density at radius 1 is 1.15 bits per heavy atom. The van der Waals surface area contributed by atoms with E-state index in [4.69, 9.17) is 32.7 Å². The first-order valence-corrected chi connectivity index (χ1v) is 9.57. The Bertz CT molecular complexity index is 873. The summed E-state index contributed by atoms with van der Waals surface area (Å²) in [5.41, 5.74) is 2.53. The van der Waals surface area contributed by atoms with Crippen LogP contribution in [0.1, 0.15) is 18.1 Å². The zero-order valence-electron chi connectivity index (χ0n) is 14.9. The third kappa shape index (κ3) is 6.13. The number of nitrogens with one attached hydrogen (secondary N) is 1. The molecule has 2 aromatic rings. The van der Waals surface area contributed by atoms with Gasteiger partial charge in [0.2, 0.25) is 0 Å². The number of hydrogen-bond donors (Lipinski definition) is 1. The molecule has 5 nitrogen and oxygen atoms in total. The summed E-state index contributed by atoms with van der Waals surface area (Å²) in [6.07, 6.45) is -0.937. The first-order chi connectivity index (χ1) is 12.7. The van der Waals surface area contributed by atoms with Gasteiger partial charge >= 0.3 is 5.97 Å². The molecule has 0 fully saturated rings. The van der Waals surface area contributed by atoms with Gasteiger partial charge in [-0.2, -0.15) is 0 Å². The molecule has 2 aromatic carbocycles. The first kappa shape index (κ1) is 21.5. The van der Waals surface area contributed by atoms with Crippen LogP contribution in [0.25, 0.3) is 0 Å². The van der Waals surface area contributed by atoms with Crippen LogP contribution in [-0.4, -0.2) is 24.6 Å². The van der Waals surface area contributed by atoms with Gasteiger partial charge in [0.15, 0.2) is 12.7 Å². The van der Waals surface area contributed by atoms with Gasteiger partial charge in [0.25, 0.3) is 5.91 Å². The van der Waals surface area contributed by atoms with Gasteiger partial charge in [-0.3, -0.25) is 4.79 Å². The predicted octanol–water partition coefficient (Wildman–Crippen LogP) is 5.32. The molecule has 0 spiro atoms. The molecular weight excluding hydrogens is 457 g/mol. The van der Waals surface area contributed by atoms with Crippen LogP contribution in [-0.2, 0) is 14.3 Å². The van der Waals surface area contributed by atoms with Crippen molar-refractivity contribution in [2.45, 2.75) is 26.9 Å². The number of ether oxygens (including phenoxy) is 2. The topological polar surface area (TPSA) is 64.6 Å².